The van der Waals surface area contributed by atoms with Crippen LogP contribution < -0.4 is 14.8 Å². The summed E-state index contributed by atoms with van der Waals surface area (Å²) in [5.74, 6) is 0.184. The van der Waals surface area contributed by atoms with E-state index in [2.05, 4.69) is 5.32 Å². The molecule has 0 heterocycles. The van der Waals surface area contributed by atoms with Gasteiger partial charge in [0.25, 0.3) is 5.91 Å². The van der Waals surface area contributed by atoms with Crippen LogP contribution >= 0.6 is 34.8 Å². The van der Waals surface area contributed by atoms with Gasteiger partial charge < -0.3 is 19.5 Å². The average molecular weight is 447 g/mol. The second-order valence-electron chi connectivity index (χ2n) is 5.46. The topological polar surface area (TPSA) is 73.9 Å². The Morgan fingerprint density at radius 1 is 0.964 bits per heavy atom. The van der Waals surface area contributed by atoms with Crippen LogP contribution in [0.3, 0.4) is 0 Å². The Morgan fingerprint density at radius 3 is 2.11 bits per heavy atom. The third kappa shape index (κ3) is 7.11. The van der Waals surface area contributed by atoms with E-state index in [0.29, 0.717) is 17.4 Å². The smallest absolute Gasteiger partial charge is 0.309 e. The first-order valence-corrected chi connectivity index (χ1v) is 9.48. The maximum Gasteiger partial charge on any atom is 0.309 e. The zero-order chi connectivity index (χ0) is 20.5. The summed E-state index contributed by atoms with van der Waals surface area (Å²) < 4.78 is 15.7. The molecular formula is C19H18Cl3NO5. The number of esters is 1. The van der Waals surface area contributed by atoms with Crippen LogP contribution in [0.1, 0.15) is 13.3 Å². The highest BCUT2D eigenvalue weighted by Gasteiger charge is 2.13. The van der Waals surface area contributed by atoms with E-state index < -0.39 is 18.5 Å². The van der Waals surface area contributed by atoms with Crippen molar-refractivity contribution in [3.8, 4) is 11.5 Å². The molecule has 0 radical (unpaired) electrons. The molecule has 2 aromatic carbocycles. The Kier molecular flexibility index (Phi) is 8.70. The number of amides is 1. The lowest BCUT2D eigenvalue weighted by Gasteiger charge is -2.10. The number of carbonyl (C=O) groups is 2. The van der Waals surface area contributed by atoms with Gasteiger partial charge in [0.05, 0.1) is 35.4 Å². The van der Waals surface area contributed by atoms with E-state index in [-0.39, 0.29) is 28.8 Å². The fourth-order valence-corrected chi connectivity index (χ4v) is 3.02. The molecule has 1 amide bonds. The van der Waals surface area contributed by atoms with Gasteiger partial charge in [0.2, 0.25) is 0 Å². The number of carbonyl (C=O) groups excluding carboxylic acids is 2. The zero-order valence-electron chi connectivity index (χ0n) is 15.0. The van der Waals surface area contributed by atoms with Crippen LogP contribution in [0.2, 0.25) is 15.1 Å². The van der Waals surface area contributed by atoms with Crippen LogP contribution in [0.5, 0.6) is 11.5 Å². The number of hydrogen-bond donors (Lipinski definition) is 1. The van der Waals surface area contributed by atoms with Crippen LogP contribution in [0.25, 0.3) is 0 Å². The van der Waals surface area contributed by atoms with Crippen LogP contribution in [-0.4, -0.2) is 31.7 Å². The molecule has 0 atom stereocenters. The number of ether oxygens (including phenoxy) is 3. The number of rotatable bonds is 9. The van der Waals surface area contributed by atoms with Crippen LogP contribution in [-0.2, 0) is 14.3 Å². The van der Waals surface area contributed by atoms with Gasteiger partial charge in [-0.3, -0.25) is 9.59 Å². The lowest BCUT2D eigenvalue weighted by Crippen LogP contribution is -2.22. The monoisotopic (exact) mass is 445 g/mol. The number of hydrogen-bond acceptors (Lipinski definition) is 5. The Hall–Kier alpha value is -2.15. The van der Waals surface area contributed by atoms with E-state index >= 15 is 0 Å². The molecule has 9 heteroatoms. The molecule has 0 bridgehead atoms. The fraction of sp³-hybridized carbons (Fsp3) is 0.263. The molecule has 0 unspecified atom stereocenters. The molecule has 0 aliphatic carbocycles. The van der Waals surface area contributed by atoms with E-state index in [0.717, 1.165) is 5.75 Å². The standard InChI is InChI=1S/C19H18Cl3NO5/c1-2-26-13-3-5-14(6-4-13)27-8-7-18(25)28-11-17(24)23-19-15(21)9-12(20)10-16(19)22/h3-6,9-10H,2,7-8,11H2,1H3,(H,23,24). The first kappa shape index (κ1) is 22.1. The molecule has 0 aliphatic rings. The van der Waals surface area contributed by atoms with Gasteiger partial charge in [0, 0.05) is 5.02 Å². The number of nitrogens with one attached hydrogen (secondary N) is 1. The van der Waals surface area contributed by atoms with E-state index in [4.69, 9.17) is 49.0 Å². The third-order valence-electron chi connectivity index (χ3n) is 3.35. The van der Waals surface area contributed by atoms with Crippen molar-refractivity contribution in [2.75, 3.05) is 25.1 Å². The summed E-state index contributed by atoms with van der Waals surface area (Å²) in [4.78, 5) is 23.6. The van der Waals surface area contributed by atoms with Crippen molar-refractivity contribution in [1.82, 2.24) is 0 Å². The molecule has 2 rings (SSSR count). The Bertz CT molecular complexity index is 804. The van der Waals surface area contributed by atoms with Crippen LogP contribution in [0.15, 0.2) is 36.4 Å². The second kappa shape index (κ2) is 11.0. The highest BCUT2D eigenvalue weighted by molar-refractivity contribution is 6.42. The fourth-order valence-electron chi connectivity index (χ4n) is 2.11. The number of anilines is 1. The largest absolute Gasteiger partial charge is 0.494 e. The first-order chi connectivity index (χ1) is 13.4. The molecule has 28 heavy (non-hydrogen) atoms. The molecule has 0 saturated heterocycles. The summed E-state index contributed by atoms with van der Waals surface area (Å²) in [7, 11) is 0. The number of benzene rings is 2. The second-order valence-corrected chi connectivity index (χ2v) is 6.71. The van der Waals surface area contributed by atoms with Gasteiger partial charge >= 0.3 is 5.97 Å². The SMILES string of the molecule is CCOc1ccc(OCCC(=O)OCC(=O)Nc2c(Cl)cc(Cl)cc2Cl)cc1. The van der Waals surface area contributed by atoms with Crippen molar-refractivity contribution >= 4 is 52.4 Å². The lowest BCUT2D eigenvalue weighted by molar-refractivity contribution is -0.147. The Balaban J connectivity index is 1.71. The van der Waals surface area contributed by atoms with Crippen molar-refractivity contribution in [1.29, 1.82) is 0 Å². The molecule has 0 fully saturated rings. The molecule has 0 spiro atoms. The molecule has 0 saturated carbocycles. The van der Waals surface area contributed by atoms with Crippen molar-refractivity contribution in [2.45, 2.75) is 13.3 Å². The van der Waals surface area contributed by atoms with E-state index in [9.17, 15) is 9.59 Å². The molecular weight excluding hydrogens is 429 g/mol. The summed E-state index contributed by atoms with van der Waals surface area (Å²) in [5.41, 5.74) is 0.201. The highest BCUT2D eigenvalue weighted by Crippen LogP contribution is 2.33. The highest BCUT2D eigenvalue weighted by atomic mass is 35.5. The van der Waals surface area contributed by atoms with Gasteiger partial charge in [0.1, 0.15) is 11.5 Å². The summed E-state index contributed by atoms with van der Waals surface area (Å²) in [5, 5.41) is 3.18. The minimum Gasteiger partial charge on any atom is -0.494 e. The van der Waals surface area contributed by atoms with Crippen molar-refractivity contribution in [3.63, 3.8) is 0 Å². The Labute approximate surface area is 177 Å². The van der Waals surface area contributed by atoms with E-state index in [1.54, 1.807) is 24.3 Å². The molecule has 6 nitrogen and oxygen atoms in total. The van der Waals surface area contributed by atoms with E-state index in [1.165, 1.54) is 12.1 Å². The van der Waals surface area contributed by atoms with Gasteiger partial charge in [-0.2, -0.15) is 0 Å². The van der Waals surface area contributed by atoms with E-state index in [1.807, 2.05) is 6.92 Å². The van der Waals surface area contributed by atoms with Crippen molar-refractivity contribution in [3.05, 3.63) is 51.5 Å². The molecule has 150 valence electrons. The molecule has 0 aliphatic heterocycles. The predicted molar refractivity (Wildman–Crippen MR) is 109 cm³/mol. The zero-order valence-corrected chi connectivity index (χ0v) is 17.2. The summed E-state index contributed by atoms with van der Waals surface area (Å²) >= 11 is 17.8. The summed E-state index contributed by atoms with van der Waals surface area (Å²) in [6.07, 6.45) is -0.0110. The minimum absolute atomic E-state index is 0.0110. The molecule has 1 N–H and O–H groups in total. The molecule has 0 aromatic heterocycles. The van der Waals surface area contributed by atoms with Gasteiger partial charge in [-0.15, -0.1) is 0 Å². The first-order valence-electron chi connectivity index (χ1n) is 8.34. The summed E-state index contributed by atoms with van der Waals surface area (Å²) in [6.45, 7) is 2.12. The van der Waals surface area contributed by atoms with Gasteiger partial charge in [0.15, 0.2) is 6.61 Å². The van der Waals surface area contributed by atoms with Crippen molar-refractivity contribution < 1.29 is 23.8 Å². The van der Waals surface area contributed by atoms with Crippen LogP contribution in [0.4, 0.5) is 5.69 Å². The van der Waals surface area contributed by atoms with Gasteiger partial charge in [-0.25, -0.2) is 0 Å². The van der Waals surface area contributed by atoms with Gasteiger partial charge in [-0.05, 0) is 43.3 Å². The maximum absolute atomic E-state index is 11.9. The third-order valence-corrected chi connectivity index (χ3v) is 4.16. The average Bonchev–Trinajstić information content (AvgIpc) is 2.64. The Morgan fingerprint density at radius 2 is 1.54 bits per heavy atom. The van der Waals surface area contributed by atoms with Crippen molar-refractivity contribution in [2.24, 2.45) is 0 Å². The van der Waals surface area contributed by atoms with Gasteiger partial charge in [-0.1, -0.05) is 34.8 Å². The maximum atomic E-state index is 11.9. The minimum atomic E-state index is -0.577. The lowest BCUT2D eigenvalue weighted by atomic mass is 10.3. The predicted octanol–water partition coefficient (Wildman–Crippen LogP) is 5.00. The quantitative estimate of drug-likeness (QED) is 0.549. The molecule has 2 aromatic rings. The van der Waals surface area contributed by atoms with Crippen LogP contribution in [0, 0.1) is 0 Å². The normalized spacial score (nSPS) is 10.3. The summed E-state index contributed by atoms with van der Waals surface area (Å²) in [6, 6.07) is 9.90. The number of halogens is 3.